The van der Waals surface area contributed by atoms with Gasteiger partial charge < -0.3 is 19.3 Å². The van der Waals surface area contributed by atoms with Gasteiger partial charge in [0.2, 0.25) is 11.7 Å². The molecule has 3 atom stereocenters. The van der Waals surface area contributed by atoms with Gasteiger partial charge in [0.15, 0.2) is 0 Å². The number of carboxylic acid groups (broad SMARTS) is 1. The number of hydrogen-bond donors (Lipinski definition) is 1. The Hall–Kier alpha value is -3.93. The average Bonchev–Trinajstić information content (AvgIpc) is 3.56. The number of hydrogen-bond acceptors (Lipinski definition) is 7. The largest absolute Gasteiger partial charge is 0.490 e. The van der Waals surface area contributed by atoms with Gasteiger partial charge in [0.05, 0.1) is 11.7 Å². The third kappa shape index (κ3) is 4.88. The number of amides is 1. The quantitative estimate of drug-likeness (QED) is 0.493. The maximum Gasteiger partial charge on any atom is 0.303 e. The number of allylic oxidation sites excluding steroid dienone is 3. The molecule has 1 saturated carbocycles. The highest BCUT2D eigenvalue weighted by Gasteiger charge is 2.50. The minimum absolute atomic E-state index is 0.0470. The van der Waals surface area contributed by atoms with Gasteiger partial charge in [0.25, 0.3) is 5.89 Å². The lowest BCUT2D eigenvalue weighted by Crippen LogP contribution is -2.39. The Morgan fingerprint density at radius 3 is 2.92 bits per heavy atom. The SMILES string of the molecule is CC(C)Oc1ccc(-c2nc(C3=C4C[C@H]5CC(=O)N(CCCCC(=O)O)[C@H]5C4CC=C3)no2)cc1C#N. The molecule has 192 valence electrons. The van der Waals surface area contributed by atoms with Crippen molar-refractivity contribution in [3.05, 3.63) is 47.3 Å². The Morgan fingerprint density at radius 1 is 1.32 bits per heavy atom. The molecule has 37 heavy (non-hydrogen) atoms. The first-order chi connectivity index (χ1) is 17.9. The van der Waals surface area contributed by atoms with Crippen molar-refractivity contribution in [1.82, 2.24) is 15.0 Å². The first kappa shape index (κ1) is 24.8. The number of aliphatic carboxylic acids is 1. The highest BCUT2D eigenvalue weighted by atomic mass is 16.5. The molecule has 1 aromatic heterocycles. The molecule has 0 bridgehead atoms. The van der Waals surface area contributed by atoms with Gasteiger partial charge in [-0.15, -0.1) is 0 Å². The van der Waals surface area contributed by atoms with Crippen molar-refractivity contribution >= 4 is 17.4 Å². The molecule has 3 aliphatic rings. The lowest BCUT2D eigenvalue weighted by molar-refractivity contribution is -0.137. The van der Waals surface area contributed by atoms with E-state index >= 15 is 0 Å². The zero-order valence-corrected chi connectivity index (χ0v) is 21.0. The average molecular weight is 503 g/mol. The van der Waals surface area contributed by atoms with Gasteiger partial charge in [-0.05, 0) is 63.6 Å². The van der Waals surface area contributed by atoms with E-state index in [1.807, 2.05) is 24.8 Å². The number of fused-ring (bicyclic) bond motifs is 3. The molecule has 1 amide bonds. The van der Waals surface area contributed by atoms with E-state index < -0.39 is 5.97 Å². The predicted octanol–water partition coefficient (Wildman–Crippen LogP) is 4.60. The molecule has 1 saturated heterocycles. The van der Waals surface area contributed by atoms with E-state index in [4.69, 9.17) is 14.4 Å². The van der Waals surface area contributed by atoms with E-state index in [9.17, 15) is 14.9 Å². The van der Waals surface area contributed by atoms with Crippen LogP contribution in [0.15, 0.2) is 40.4 Å². The van der Waals surface area contributed by atoms with E-state index in [-0.39, 0.29) is 36.3 Å². The van der Waals surface area contributed by atoms with Crippen molar-refractivity contribution in [2.24, 2.45) is 11.8 Å². The summed E-state index contributed by atoms with van der Waals surface area (Å²) in [6.45, 7) is 4.41. The molecule has 2 heterocycles. The molecule has 0 spiro atoms. The van der Waals surface area contributed by atoms with E-state index in [0.717, 1.165) is 18.4 Å². The smallest absolute Gasteiger partial charge is 0.303 e. The molecule has 9 nitrogen and oxygen atoms in total. The van der Waals surface area contributed by atoms with Crippen LogP contribution in [0.2, 0.25) is 0 Å². The maximum atomic E-state index is 12.7. The number of carboxylic acids is 1. The predicted molar refractivity (Wildman–Crippen MR) is 134 cm³/mol. The van der Waals surface area contributed by atoms with Crippen LogP contribution in [0.5, 0.6) is 5.75 Å². The number of carbonyl (C=O) groups is 2. The third-order valence-corrected chi connectivity index (χ3v) is 7.38. The summed E-state index contributed by atoms with van der Waals surface area (Å²) in [4.78, 5) is 30.2. The van der Waals surface area contributed by atoms with Crippen LogP contribution < -0.4 is 4.74 Å². The number of nitriles is 1. The van der Waals surface area contributed by atoms with Crippen LogP contribution in [0.4, 0.5) is 0 Å². The van der Waals surface area contributed by atoms with Gasteiger partial charge in [0.1, 0.15) is 11.8 Å². The van der Waals surface area contributed by atoms with Crippen molar-refractivity contribution in [2.45, 2.75) is 64.5 Å². The molecule has 2 fully saturated rings. The number of carbonyl (C=O) groups excluding carboxylic acids is 1. The minimum atomic E-state index is -0.804. The van der Waals surface area contributed by atoms with Crippen molar-refractivity contribution in [3.8, 4) is 23.3 Å². The number of ether oxygens (including phenoxy) is 1. The summed E-state index contributed by atoms with van der Waals surface area (Å²) in [6.07, 6.45) is 7.68. The first-order valence-electron chi connectivity index (χ1n) is 12.8. The van der Waals surface area contributed by atoms with Crippen LogP contribution >= 0.6 is 0 Å². The topological polar surface area (TPSA) is 130 Å². The second kappa shape index (κ2) is 10.2. The molecule has 0 radical (unpaired) electrons. The zero-order chi connectivity index (χ0) is 26.1. The van der Waals surface area contributed by atoms with E-state index in [1.165, 1.54) is 5.57 Å². The van der Waals surface area contributed by atoms with Crippen LogP contribution in [0.1, 0.15) is 63.8 Å². The van der Waals surface area contributed by atoms with Crippen LogP contribution in [0, 0.1) is 23.2 Å². The van der Waals surface area contributed by atoms with Crippen LogP contribution in [-0.2, 0) is 9.59 Å². The molecule has 1 aliphatic heterocycles. The number of aromatic nitrogens is 2. The van der Waals surface area contributed by atoms with E-state index in [0.29, 0.717) is 54.4 Å². The Kier molecular flexibility index (Phi) is 6.83. The highest BCUT2D eigenvalue weighted by Crippen LogP contribution is 2.51. The fourth-order valence-electron chi connectivity index (χ4n) is 5.90. The normalized spacial score (nSPS) is 22.4. The van der Waals surface area contributed by atoms with Gasteiger partial charge in [-0.2, -0.15) is 10.2 Å². The summed E-state index contributed by atoms with van der Waals surface area (Å²) in [5, 5.41) is 22.7. The lowest BCUT2D eigenvalue weighted by atomic mass is 9.86. The van der Waals surface area contributed by atoms with Crippen molar-refractivity contribution < 1.29 is 24.0 Å². The van der Waals surface area contributed by atoms with Gasteiger partial charge in [0, 0.05) is 42.5 Å². The number of unbranched alkanes of at least 4 members (excludes halogenated alkanes) is 1. The van der Waals surface area contributed by atoms with Crippen LogP contribution in [0.25, 0.3) is 17.0 Å². The second-order valence-electron chi connectivity index (χ2n) is 10.2. The summed E-state index contributed by atoms with van der Waals surface area (Å²) < 4.78 is 11.3. The van der Waals surface area contributed by atoms with E-state index in [1.54, 1.807) is 18.2 Å². The lowest BCUT2D eigenvalue weighted by Gasteiger charge is -2.31. The molecule has 2 aliphatic carbocycles. The summed E-state index contributed by atoms with van der Waals surface area (Å²) in [6, 6.07) is 7.55. The van der Waals surface area contributed by atoms with E-state index in [2.05, 4.69) is 22.3 Å². The summed E-state index contributed by atoms with van der Waals surface area (Å²) in [7, 11) is 0. The molecule has 1 N–H and O–H groups in total. The summed E-state index contributed by atoms with van der Waals surface area (Å²) in [5.74, 6) is 1.17. The zero-order valence-electron chi connectivity index (χ0n) is 21.0. The Bertz CT molecular complexity index is 1320. The number of benzene rings is 1. The molecular weight excluding hydrogens is 472 g/mol. The fraction of sp³-hybridized carbons (Fsp3) is 0.464. The molecule has 2 aromatic rings. The summed E-state index contributed by atoms with van der Waals surface area (Å²) in [5.41, 5.74) is 3.25. The maximum absolute atomic E-state index is 12.7. The van der Waals surface area contributed by atoms with Crippen LogP contribution in [0.3, 0.4) is 0 Å². The van der Waals surface area contributed by atoms with Gasteiger partial charge in [-0.1, -0.05) is 22.9 Å². The van der Waals surface area contributed by atoms with Gasteiger partial charge in [-0.25, -0.2) is 0 Å². The van der Waals surface area contributed by atoms with Gasteiger partial charge >= 0.3 is 5.97 Å². The third-order valence-electron chi connectivity index (χ3n) is 7.38. The van der Waals surface area contributed by atoms with Crippen molar-refractivity contribution in [3.63, 3.8) is 0 Å². The monoisotopic (exact) mass is 502 g/mol. The Labute approximate surface area is 215 Å². The number of rotatable bonds is 9. The Morgan fingerprint density at radius 2 is 2.16 bits per heavy atom. The first-order valence-corrected chi connectivity index (χ1v) is 12.8. The minimum Gasteiger partial charge on any atom is -0.490 e. The summed E-state index contributed by atoms with van der Waals surface area (Å²) >= 11 is 0. The van der Waals surface area contributed by atoms with Gasteiger partial charge in [-0.3, -0.25) is 9.59 Å². The molecule has 5 rings (SSSR count). The Balaban J connectivity index is 1.37. The van der Waals surface area contributed by atoms with Crippen molar-refractivity contribution in [1.29, 1.82) is 5.26 Å². The number of nitrogens with zero attached hydrogens (tertiary/aromatic N) is 4. The molecule has 9 heteroatoms. The molecule has 1 unspecified atom stereocenters. The van der Waals surface area contributed by atoms with Crippen LogP contribution in [-0.4, -0.2) is 50.7 Å². The highest BCUT2D eigenvalue weighted by molar-refractivity contribution is 5.82. The fourth-order valence-corrected chi connectivity index (χ4v) is 5.90. The second-order valence-corrected chi connectivity index (χ2v) is 10.2. The standard InChI is InChI=1S/C28H30N4O5/c1-16(2)36-23-10-9-17(12-19(23)15-29)28-30-27(31-37-28)21-7-5-6-20-22(21)13-18-14-24(33)32(26(18)20)11-4-3-8-25(34)35/h5,7,9-10,12,16,18,20,26H,3-4,6,8,11,13-14H2,1-2H3,(H,34,35)/t18-,20?,26+/m0/s1. The molecular formula is C28H30N4O5. The van der Waals surface area contributed by atoms with Crippen molar-refractivity contribution in [2.75, 3.05) is 6.54 Å². The number of likely N-dealkylation sites (tertiary alicyclic amines) is 1. The molecule has 1 aromatic carbocycles.